The molecule has 0 saturated carbocycles. The number of hydrogen-bond acceptors (Lipinski definition) is 4. The van der Waals surface area contributed by atoms with E-state index < -0.39 is 12.1 Å². The third-order valence-corrected chi connectivity index (χ3v) is 4.33. The van der Waals surface area contributed by atoms with Gasteiger partial charge in [-0.25, -0.2) is 0 Å². The van der Waals surface area contributed by atoms with Crippen LogP contribution in [-0.4, -0.2) is 12.1 Å². The van der Waals surface area contributed by atoms with E-state index in [0.717, 1.165) is 25.1 Å². The van der Waals surface area contributed by atoms with Crippen LogP contribution in [0.2, 0.25) is 0 Å². The molecule has 4 heteroatoms. The number of nitrogens with one attached hydrogen (secondary N) is 1. The van der Waals surface area contributed by atoms with Crippen molar-refractivity contribution in [1.82, 2.24) is 5.32 Å². The van der Waals surface area contributed by atoms with Crippen molar-refractivity contribution in [3.05, 3.63) is 108 Å². The Balaban J connectivity index is 0.000000214. The van der Waals surface area contributed by atoms with Gasteiger partial charge in [-0.1, -0.05) is 91.0 Å². The number of nitrogens with zero attached hydrogens (tertiary/aromatic N) is 1. The van der Waals surface area contributed by atoms with Crippen molar-refractivity contribution < 1.29 is 9.53 Å². The third kappa shape index (κ3) is 9.68. The molecular weight excluding hydrogens is 372 g/mol. The zero-order chi connectivity index (χ0) is 21.4. The first-order chi connectivity index (χ1) is 14.7. The lowest BCUT2D eigenvalue weighted by Gasteiger charge is -2.08. The van der Waals surface area contributed by atoms with Crippen LogP contribution in [-0.2, 0) is 29.0 Å². The molecule has 0 heterocycles. The van der Waals surface area contributed by atoms with Gasteiger partial charge in [0.05, 0.1) is 0 Å². The van der Waals surface area contributed by atoms with Gasteiger partial charge in [-0.05, 0) is 23.1 Å². The predicted molar refractivity (Wildman–Crippen MR) is 119 cm³/mol. The van der Waals surface area contributed by atoms with Gasteiger partial charge in [-0.15, -0.1) is 0 Å². The molecule has 0 fully saturated rings. The standard InChI is InChI=1S/C14H15N.C12H13NO2/c1-3-7-13(8-4-1)11-15-12-14-9-5-2-6-10-14;1-10(14)15-12(9-13)8-7-11-5-3-2-4-6-11/h1-10,15H,11-12H2;2-6,12H,7-8H2,1H3. The largest absolute Gasteiger partial charge is 0.447 e. The van der Waals surface area contributed by atoms with Crippen molar-refractivity contribution in [2.24, 2.45) is 0 Å². The van der Waals surface area contributed by atoms with E-state index in [4.69, 9.17) is 10.00 Å². The van der Waals surface area contributed by atoms with Crippen molar-refractivity contribution in [1.29, 1.82) is 5.26 Å². The summed E-state index contributed by atoms with van der Waals surface area (Å²) in [7, 11) is 0. The van der Waals surface area contributed by atoms with Gasteiger partial charge in [-0.3, -0.25) is 4.79 Å². The van der Waals surface area contributed by atoms with Crippen LogP contribution in [0.1, 0.15) is 30.0 Å². The van der Waals surface area contributed by atoms with E-state index in [9.17, 15) is 4.79 Å². The van der Waals surface area contributed by atoms with Crippen LogP contribution in [0.15, 0.2) is 91.0 Å². The fourth-order valence-electron chi connectivity index (χ4n) is 2.84. The van der Waals surface area contributed by atoms with Gasteiger partial charge >= 0.3 is 5.97 Å². The summed E-state index contributed by atoms with van der Waals surface area (Å²) in [5, 5.41) is 12.1. The molecule has 3 rings (SSSR count). The van der Waals surface area contributed by atoms with Crippen LogP contribution >= 0.6 is 0 Å². The fraction of sp³-hybridized carbons (Fsp3) is 0.231. The van der Waals surface area contributed by atoms with E-state index in [0.29, 0.717) is 6.42 Å². The first kappa shape index (κ1) is 22.9. The molecule has 4 nitrogen and oxygen atoms in total. The van der Waals surface area contributed by atoms with Crippen molar-refractivity contribution in [3.63, 3.8) is 0 Å². The van der Waals surface area contributed by atoms with Crippen LogP contribution in [0.5, 0.6) is 0 Å². The Hall–Kier alpha value is -3.42. The van der Waals surface area contributed by atoms with Crippen LogP contribution in [0.25, 0.3) is 0 Å². The number of carbonyl (C=O) groups is 1. The molecule has 1 atom stereocenters. The van der Waals surface area contributed by atoms with Crippen LogP contribution < -0.4 is 5.32 Å². The summed E-state index contributed by atoms with van der Waals surface area (Å²) in [6, 6.07) is 32.7. The second-order valence-electron chi connectivity index (χ2n) is 6.83. The molecule has 0 radical (unpaired) electrons. The molecule has 0 aliphatic heterocycles. The molecule has 0 spiro atoms. The number of ether oxygens (including phenoxy) is 1. The van der Waals surface area contributed by atoms with Crippen molar-refractivity contribution >= 4 is 5.97 Å². The molecule has 3 aromatic carbocycles. The Kier molecular flexibility index (Phi) is 10.4. The Labute approximate surface area is 179 Å². The second kappa shape index (κ2) is 13.7. The van der Waals surface area contributed by atoms with Gasteiger partial charge in [0.25, 0.3) is 0 Å². The maximum absolute atomic E-state index is 10.7. The van der Waals surface area contributed by atoms with Gasteiger partial charge in [-0.2, -0.15) is 5.26 Å². The number of esters is 1. The number of rotatable bonds is 8. The molecule has 0 bridgehead atoms. The van der Waals surface area contributed by atoms with E-state index >= 15 is 0 Å². The number of carbonyl (C=O) groups excluding carboxylic acids is 1. The SMILES string of the molecule is CC(=O)OC(C#N)CCc1ccccc1.c1ccc(CNCc2ccccc2)cc1. The quantitative estimate of drug-likeness (QED) is 0.538. The Bertz CT molecular complexity index is 851. The molecule has 0 aliphatic carbocycles. The molecular formula is C26H28N2O2. The van der Waals surface area contributed by atoms with Crippen LogP contribution in [0, 0.1) is 11.3 Å². The lowest BCUT2D eigenvalue weighted by molar-refractivity contribution is -0.144. The smallest absolute Gasteiger partial charge is 0.303 e. The Morgan fingerprint density at radius 3 is 1.67 bits per heavy atom. The van der Waals surface area contributed by atoms with E-state index in [2.05, 4.69) is 53.8 Å². The lowest BCUT2D eigenvalue weighted by Crippen LogP contribution is -2.14. The van der Waals surface area contributed by atoms with Gasteiger partial charge in [0.15, 0.2) is 6.10 Å². The third-order valence-electron chi connectivity index (χ3n) is 4.33. The highest BCUT2D eigenvalue weighted by molar-refractivity contribution is 5.66. The number of benzene rings is 3. The van der Waals surface area contributed by atoms with Crippen molar-refractivity contribution in [2.75, 3.05) is 0 Å². The summed E-state index contributed by atoms with van der Waals surface area (Å²) in [4.78, 5) is 10.7. The molecule has 0 amide bonds. The Morgan fingerprint density at radius 1 is 0.833 bits per heavy atom. The first-order valence-electron chi connectivity index (χ1n) is 10.1. The van der Waals surface area contributed by atoms with Crippen LogP contribution in [0.3, 0.4) is 0 Å². The maximum atomic E-state index is 10.7. The summed E-state index contributed by atoms with van der Waals surface area (Å²) < 4.78 is 4.82. The van der Waals surface area contributed by atoms with Crippen LogP contribution in [0.4, 0.5) is 0 Å². The summed E-state index contributed by atoms with van der Waals surface area (Å²) in [5.74, 6) is -0.408. The summed E-state index contributed by atoms with van der Waals surface area (Å²) in [5.41, 5.74) is 3.80. The maximum Gasteiger partial charge on any atom is 0.303 e. The predicted octanol–water partition coefficient (Wildman–Crippen LogP) is 5.05. The Morgan fingerprint density at radius 2 is 1.27 bits per heavy atom. The van der Waals surface area contributed by atoms with E-state index in [1.165, 1.54) is 18.1 Å². The molecule has 30 heavy (non-hydrogen) atoms. The lowest BCUT2D eigenvalue weighted by atomic mass is 10.1. The van der Waals surface area contributed by atoms with Gasteiger partial charge in [0.1, 0.15) is 6.07 Å². The molecule has 3 aromatic rings. The monoisotopic (exact) mass is 400 g/mol. The van der Waals surface area contributed by atoms with Gasteiger partial charge in [0.2, 0.25) is 0 Å². The molecule has 1 N–H and O–H groups in total. The second-order valence-corrected chi connectivity index (χ2v) is 6.83. The summed E-state index contributed by atoms with van der Waals surface area (Å²) >= 11 is 0. The fourth-order valence-corrected chi connectivity index (χ4v) is 2.84. The van der Waals surface area contributed by atoms with E-state index in [-0.39, 0.29) is 0 Å². The first-order valence-corrected chi connectivity index (χ1v) is 10.1. The average Bonchev–Trinajstić information content (AvgIpc) is 2.79. The zero-order valence-electron chi connectivity index (χ0n) is 17.3. The zero-order valence-corrected chi connectivity index (χ0v) is 17.3. The van der Waals surface area contributed by atoms with Crippen molar-refractivity contribution in [2.45, 2.75) is 39.0 Å². The van der Waals surface area contributed by atoms with Gasteiger partial charge < -0.3 is 10.1 Å². The van der Waals surface area contributed by atoms with E-state index in [1.54, 1.807) is 0 Å². The minimum Gasteiger partial charge on any atom is -0.447 e. The molecule has 1 unspecified atom stereocenters. The van der Waals surface area contributed by atoms with Crippen molar-refractivity contribution in [3.8, 4) is 6.07 Å². The molecule has 0 aliphatic rings. The number of hydrogen-bond donors (Lipinski definition) is 1. The normalized spacial score (nSPS) is 10.8. The number of aryl methyl sites for hydroxylation is 1. The topological polar surface area (TPSA) is 62.1 Å². The summed E-state index contributed by atoms with van der Waals surface area (Å²) in [6.45, 7) is 3.17. The van der Waals surface area contributed by atoms with E-state index in [1.807, 2.05) is 48.5 Å². The average molecular weight is 401 g/mol. The minimum atomic E-state index is -0.636. The minimum absolute atomic E-state index is 0.408. The number of nitriles is 1. The molecule has 154 valence electrons. The molecule has 0 saturated heterocycles. The highest BCUT2D eigenvalue weighted by Crippen LogP contribution is 2.07. The summed E-state index contributed by atoms with van der Waals surface area (Å²) in [6.07, 6.45) is 0.648. The molecule has 0 aromatic heterocycles. The highest BCUT2D eigenvalue weighted by Gasteiger charge is 2.10. The highest BCUT2D eigenvalue weighted by atomic mass is 16.5. The van der Waals surface area contributed by atoms with Gasteiger partial charge in [0, 0.05) is 26.4 Å².